The highest BCUT2D eigenvalue weighted by molar-refractivity contribution is 5.96. The largest absolute Gasteiger partial charge is 0.497 e. The second kappa shape index (κ2) is 3.57. The molecule has 4 heteroatoms. The number of rotatable bonds is 1. The predicted molar refractivity (Wildman–Crippen MR) is 54.7 cm³/mol. The fourth-order valence-electron chi connectivity index (χ4n) is 1.43. The maximum atomic E-state index is 11.2. The molecule has 1 aliphatic heterocycles. The Labute approximate surface area is 82.3 Å². The molecule has 0 spiro atoms. The summed E-state index contributed by atoms with van der Waals surface area (Å²) in [5, 5.41) is 5.98. The maximum absolute atomic E-state index is 11.2. The van der Waals surface area contributed by atoms with E-state index in [4.69, 9.17) is 4.74 Å². The zero-order valence-electron chi connectivity index (χ0n) is 7.96. The summed E-state index contributed by atoms with van der Waals surface area (Å²) in [6.45, 7) is 0.659. The Hall–Kier alpha value is -1.71. The van der Waals surface area contributed by atoms with E-state index in [0.717, 1.165) is 17.1 Å². The van der Waals surface area contributed by atoms with Crippen LogP contribution in [0.2, 0.25) is 0 Å². The van der Waals surface area contributed by atoms with Crippen LogP contribution in [0.25, 0.3) is 0 Å². The minimum absolute atomic E-state index is 0.0430. The number of hydrogen-bond donors (Lipinski definition) is 2. The normalized spacial score (nSPS) is 14.8. The molecular formula is C10H12N2O2. The summed E-state index contributed by atoms with van der Waals surface area (Å²) in [5.41, 5.74) is 1.73. The lowest BCUT2D eigenvalue weighted by Crippen LogP contribution is -2.10. The van der Waals surface area contributed by atoms with Crippen molar-refractivity contribution >= 4 is 17.3 Å². The van der Waals surface area contributed by atoms with Crippen LogP contribution in [0.1, 0.15) is 6.42 Å². The zero-order chi connectivity index (χ0) is 9.97. The van der Waals surface area contributed by atoms with Crippen LogP contribution in [-0.4, -0.2) is 19.6 Å². The number of benzene rings is 1. The van der Waals surface area contributed by atoms with Gasteiger partial charge in [-0.1, -0.05) is 0 Å². The van der Waals surface area contributed by atoms with Gasteiger partial charge in [-0.2, -0.15) is 0 Å². The third-order valence-corrected chi connectivity index (χ3v) is 2.17. The molecule has 0 bridgehead atoms. The van der Waals surface area contributed by atoms with Crippen LogP contribution in [0.4, 0.5) is 11.4 Å². The van der Waals surface area contributed by atoms with Gasteiger partial charge in [0.15, 0.2) is 0 Å². The third-order valence-electron chi connectivity index (χ3n) is 2.17. The van der Waals surface area contributed by atoms with Crippen LogP contribution in [0, 0.1) is 0 Å². The van der Waals surface area contributed by atoms with Crippen LogP contribution in [-0.2, 0) is 4.79 Å². The van der Waals surface area contributed by atoms with Gasteiger partial charge in [-0.05, 0) is 12.1 Å². The highest BCUT2D eigenvalue weighted by Gasteiger charge is 2.12. The van der Waals surface area contributed by atoms with Crippen molar-refractivity contribution in [1.82, 2.24) is 0 Å². The van der Waals surface area contributed by atoms with Gasteiger partial charge in [-0.25, -0.2) is 0 Å². The molecule has 0 atom stereocenters. The Bertz CT molecular complexity index is 363. The van der Waals surface area contributed by atoms with Gasteiger partial charge in [0.2, 0.25) is 5.91 Å². The second-order valence-corrected chi connectivity index (χ2v) is 3.14. The number of carbonyl (C=O) groups is 1. The van der Waals surface area contributed by atoms with E-state index in [0.29, 0.717) is 13.0 Å². The topological polar surface area (TPSA) is 50.4 Å². The molecule has 0 radical (unpaired) electrons. The SMILES string of the molecule is COc1ccc2c(c1)NCCC(=O)N2. The standard InChI is InChI=1S/C10H12N2O2/c1-14-7-2-3-8-9(6-7)11-5-4-10(13)12-8/h2-3,6,11H,4-5H2,1H3,(H,12,13). The van der Waals surface area contributed by atoms with E-state index in [1.54, 1.807) is 7.11 Å². The van der Waals surface area contributed by atoms with E-state index < -0.39 is 0 Å². The molecule has 0 unspecified atom stereocenters. The van der Waals surface area contributed by atoms with Crippen LogP contribution in [0.5, 0.6) is 5.75 Å². The fraction of sp³-hybridized carbons (Fsp3) is 0.300. The van der Waals surface area contributed by atoms with Crippen molar-refractivity contribution in [3.8, 4) is 5.75 Å². The molecule has 4 nitrogen and oxygen atoms in total. The molecule has 0 saturated carbocycles. The number of fused-ring (bicyclic) bond motifs is 1. The van der Waals surface area contributed by atoms with Crippen molar-refractivity contribution in [2.24, 2.45) is 0 Å². The van der Waals surface area contributed by atoms with Gasteiger partial charge in [0.25, 0.3) is 0 Å². The van der Waals surface area contributed by atoms with Gasteiger partial charge in [0.05, 0.1) is 18.5 Å². The molecule has 1 aliphatic rings. The smallest absolute Gasteiger partial charge is 0.226 e. The van der Waals surface area contributed by atoms with Crippen molar-refractivity contribution in [3.63, 3.8) is 0 Å². The number of hydrogen-bond acceptors (Lipinski definition) is 3. The first kappa shape index (κ1) is 8.87. The van der Waals surface area contributed by atoms with Gasteiger partial charge >= 0.3 is 0 Å². The molecule has 1 amide bonds. The van der Waals surface area contributed by atoms with Crippen molar-refractivity contribution in [2.45, 2.75) is 6.42 Å². The molecular weight excluding hydrogens is 180 g/mol. The summed E-state index contributed by atoms with van der Waals surface area (Å²) >= 11 is 0. The fourth-order valence-corrected chi connectivity index (χ4v) is 1.43. The summed E-state index contributed by atoms with van der Waals surface area (Å²) in [5.74, 6) is 0.828. The van der Waals surface area contributed by atoms with Gasteiger partial charge in [0.1, 0.15) is 5.75 Å². The minimum atomic E-state index is 0.0430. The Morgan fingerprint density at radius 1 is 1.36 bits per heavy atom. The molecule has 2 rings (SSSR count). The van der Waals surface area contributed by atoms with Crippen LogP contribution in [0.3, 0.4) is 0 Å². The summed E-state index contributed by atoms with van der Waals surface area (Å²) in [6.07, 6.45) is 0.497. The lowest BCUT2D eigenvalue weighted by atomic mass is 10.2. The Morgan fingerprint density at radius 2 is 2.21 bits per heavy atom. The number of ether oxygens (including phenoxy) is 1. The van der Waals surface area contributed by atoms with Crippen LogP contribution in [0.15, 0.2) is 18.2 Å². The van der Waals surface area contributed by atoms with E-state index in [1.807, 2.05) is 18.2 Å². The van der Waals surface area contributed by atoms with Gasteiger partial charge in [0, 0.05) is 19.0 Å². The van der Waals surface area contributed by atoms with Crippen LogP contribution >= 0.6 is 0 Å². The quantitative estimate of drug-likeness (QED) is 0.708. The van der Waals surface area contributed by atoms with Gasteiger partial charge in [-0.15, -0.1) is 0 Å². The van der Waals surface area contributed by atoms with E-state index in [2.05, 4.69) is 10.6 Å². The maximum Gasteiger partial charge on any atom is 0.226 e. The molecule has 1 aromatic rings. The predicted octanol–water partition coefficient (Wildman–Crippen LogP) is 1.45. The summed E-state index contributed by atoms with van der Waals surface area (Å²) < 4.78 is 5.10. The zero-order valence-corrected chi connectivity index (χ0v) is 7.96. The van der Waals surface area contributed by atoms with Gasteiger partial charge in [-0.3, -0.25) is 4.79 Å². The number of anilines is 2. The highest BCUT2D eigenvalue weighted by atomic mass is 16.5. The van der Waals surface area contributed by atoms with E-state index in [1.165, 1.54) is 0 Å². The van der Waals surface area contributed by atoms with Gasteiger partial charge < -0.3 is 15.4 Å². The summed E-state index contributed by atoms with van der Waals surface area (Å²) in [4.78, 5) is 11.2. The number of nitrogens with one attached hydrogen (secondary N) is 2. The second-order valence-electron chi connectivity index (χ2n) is 3.14. The van der Waals surface area contributed by atoms with Crippen molar-refractivity contribution in [3.05, 3.63) is 18.2 Å². The monoisotopic (exact) mass is 192 g/mol. The Kier molecular flexibility index (Phi) is 2.26. The molecule has 14 heavy (non-hydrogen) atoms. The average molecular weight is 192 g/mol. The molecule has 1 heterocycles. The average Bonchev–Trinajstić information content (AvgIpc) is 2.37. The minimum Gasteiger partial charge on any atom is -0.497 e. The lowest BCUT2D eigenvalue weighted by Gasteiger charge is -2.08. The first-order valence-electron chi connectivity index (χ1n) is 4.51. The Morgan fingerprint density at radius 3 is 3.00 bits per heavy atom. The van der Waals surface area contributed by atoms with Crippen LogP contribution < -0.4 is 15.4 Å². The highest BCUT2D eigenvalue weighted by Crippen LogP contribution is 2.28. The first-order chi connectivity index (χ1) is 6.79. The van der Waals surface area contributed by atoms with Crippen molar-refractivity contribution in [1.29, 1.82) is 0 Å². The molecule has 74 valence electrons. The van der Waals surface area contributed by atoms with E-state index in [-0.39, 0.29) is 5.91 Å². The molecule has 0 fully saturated rings. The molecule has 0 aliphatic carbocycles. The van der Waals surface area contributed by atoms with Crippen molar-refractivity contribution in [2.75, 3.05) is 24.3 Å². The van der Waals surface area contributed by atoms with E-state index >= 15 is 0 Å². The number of carbonyl (C=O) groups excluding carboxylic acids is 1. The number of amides is 1. The molecule has 1 aromatic carbocycles. The van der Waals surface area contributed by atoms with E-state index in [9.17, 15) is 4.79 Å². The first-order valence-corrected chi connectivity index (χ1v) is 4.51. The summed E-state index contributed by atoms with van der Waals surface area (Å²) in [6, 6.07) is 5.54. The third kappa shape index (κ3) is 1.64. The lowest BCUT2D eigenvalue weighted by molar-refractivity contribution is -0.115. The molecule has 0 aromatic heterocycles. The number of methoxy groups -OCH3 is 1. The molecule has 2 N–H and O–H groups in total. The molecule has 0 saturated heterocycles. The van der Waals surface area contributed by atoms with Crippen molar-refractivity contribution < 1.29 is 9.53 Å². The summed E-state index contributed by atoms with van der Waals surface area (Å²) in [7, 11) is 1.62. The Balaban J connectivity index is 2.35.